The van der Waals surface area contributed by atoms with Crippen molar-refractivity contribution in [1.29, 1.82) is 0 Å². The average Bonchev–Trinajstić information content (AvgIpc) is 3.23. The standard InChI is InChI=1S/C53H94O6/c1-4-7-10-13-15-17-19-21-23-25-26-28-29-31-33-35-37-40-43-46-52(55)58-49-50(48-57-51(54)45-42-39-12-9-6-3)59-53(56)47-44-41-38-36-34-32-30-27-24-22-20-18-16-14-11-8-5-2/h7,10,15,17,21,23,26,28,50H,4-6,8-9,11-14,16,18-20,22,24-25,27,29-49H2,1-3H3/b10-7-,17-15-,23-21-,28-26-. The van der Waals surface area contributed by atoms with Gasteiger partial charge in [0.15, 0.2) is 6.10 Å². The first kappa shape index (κ1) is 56.4. The van der Waals surface area contributed by atoms with Gasteiger partial charge in [-0.05, 0) is 57.8 Å². The molecule has 1 unspecified atom stereocenters. The third-order valence-electron chi connectivity index (χ3n) is 10.8. The second-order valence-corrected chi connectivity index (χ2v) is 16.7. The van der Waals surface area contributed by atoms with Gasteiger partial charge in [-0.2, -0.15) is 0 Å². The molecule has 6 heteroatoms. The summed E-state index contributed by atoms with van der Waals surface area (Å²) in [6.07, 6.45) is 57.0. The lowest BCUT2D eigenvalue weighted by atomic mass is 10.0. The van der Waals surface area contributed by atoms with Crippen LogP contribution in [0.2, 0.25) is 0 Å². The Labute approximate surface area is 365 Å². The molecule has 6 nitrogen and oxygen atoms in total. The van der Waals surface area contributed by atoms with Crippen LogP contribution in [0.25, 0.3) is 0 Å². The number of unbranched alkanes of at least 4 members (excludes halogenated alkanes) is 26. The molecule has 0 amide bonds. The molecule has 0 heterocycles. The summed E-state index contributed by atoms with van der Waals surface area (Å²) in [6.45, 7) is 6.45. The molecular weight excluding hydrogens is 733 g/mol. The second kappa shape index (κ2) is 48.0. The number of esters is 3. The molecule has 0 aromatic heterocycles. The molecule has 0 N–H and O–H groups in total. The van der Waals surface area contributed by atoms with Crippen LogP contribution in [0.3, 0.4) is 0 Å². The Bertz CT molecular complexity index is 1040. The van der Waals surface area contributed by atoms with Crippen molar-refractivity contribution >= 4 is 17.9 Å². The van der Waals surface area contributed by atoms with Crippen LogP contribution >= 0.6 is 0 Å². The van der Waals surface area contributed by atoms with Crippen molar-refractivity contribution < 1.29 is 28.6 Å². The molecule has 0 aromatic rings. The SMILES string of the molecule is CC/C=C\C/C=C\C/C=C\C/C=C\CCCCCCCCC(=O)OCC(COC(=O)CCCCCCC)OC(=O)CCCCCCCCCCCCCCCCCCC. The van der Waals surface area contributed by atoms with Gasteiger partial charge < -0.3 is 14.2 Å². The summed E-state index contributed by atoms with van der Waals surface area (Å²) in [6, 6.07) is 0. The Hall–Kier alpha value is -2.63. The number of hydrogen-bond acceptors (Lipinski definition) is 6. The van der Waals surface area contributed by atoms with E-state index in [1.165, 1.54) is 116 Å². The van der Waals surface area contributed by atoms with E-state index in [9.17, 15) is 14.4 Å². The molecule has 0 aliphatic carbocycles. The first-order valence-electron chi connectivity index (χ1n) is 25.1. The largest absolute Gasteiger partial charge is 0.462 e. The average molecular weight is 827 g/mol. The van der Waals surface area contributed by atoms with E-state index in [-0.39, 0.29) is 31.1 Å². The molecule has 0 aromatic carbocycles. The minimum Gasteiger partial charge on any atom is -0.462 e. The van der Waals surface area contributed by atoms with Gasteiger partial charge in [0.2, 0.25) is 0 Å². The molecular formula is C53H94O6. The predicted molar refractivity (Wildman–Crippen MR) is 252 cm³/mol. The van der Waals surface area contributed by atoms with Crippen molar-refractivity contribution in [3.8, 4) is 0 Å². The molecule has 0 rings (SSSR count). The normalized spacial score (nSPS) is 12.4. The van der Waals surface area contributed by atoms with Crippen LogP contribution < -0.4 is 0 Å². The fraction of sp³-hybridized carbons (Fsp3) is 0.792. The zero-order valence-corrected chi connectivity index (χ0v) is 39.0. The minimum absolute atomic E-state index is 0.0766. The molecule has 0 radical (unpaired) electrons. The number of carbonyl (C=O) groups is 3. The van der Waals surface area contributed by atoms with Gasteiger partial charge in [0.1, 0.15) is 13.2 Å². The summed E-state index contributed by atoms with van der Waals surface area (Å²) < 4.78 is 16.7. The predicted octanol–water partition coefficient (Wildman–Crippen LogP) is 16.3. The maximum Gasteiger partial charge on any atom is 0.306 e. The van der Waals surface area contributed by atoms with Crippen LogP contribution in [-0.4, -0.2) is 37.2 Å². The van der Waals surface area contributed by atoms with Crippen LogP contribution in [0.5, 0.6) is 0 Å². The first-order valence-corrected chi connectivity index (χ1v) is 25.1. The second-order valence-electron chi connectivity index (χ2n) is 16.7. The van der Waals surface area contributed by atoms with Gasteiger partial charge in [0.25, 0.3) is 0 Å². The van der Waals surface area contributed by atoms with Gasteiger partial charge in [0, 0.05) is 19.3 Å². The van der Waals surface area contributed by atoms with Crippen molar-refractivity contribution in [3.05, 3.63) is 48.6 Å². The molecule has 342 valence electrons. The molecule has 0 spiro atoms. The van der Waals surface area contributed by atoms with Gasteiger partial charge in [-0.3, -0.25) is 14.4 Å². The highest BCUT2D eigenvalue weighted by atomic mass is 16.6. The number of carbonyl (C=O) groups excluding carboxylic acids is 3. The lowest BCUT2D eigenvalue weighted by Crippen LogP contribution is -2.30. The highest BCUT2D eigenvalue weighted by Crippen LogP contribution is 2.16. The summed E-state index contributed by atoms with van der Waals surface area (Å²) in [5, 5.41) is 0. The smallest absolute Gasteiger partial charge is 0.306 e. The summed E-state index contributed by atoms with van der Waals surface area (Å²) in [7, 11) is 0. The maximum absolute atomic E-state index is 12.7. The van der Waals surface area contributed by atoms with Crippen LogP contribution in [0.1, 0.15) is 252 Å². The molecule has 0 aliphatic rings. The third kappa shape index (κ3) is 46.3. The van der Waals surface area contributed by atoms with E-state index in [0.29, 0.717) is 19.3 Å². The van der Waals surface area contributed by atoms with Gasteiger partial charge in [-0.25, -0.2) is 0 Å². The third-order valence-corrected chi connectivity index (χ3v) is 10.8. The Morgan fingerprint density at radius 2 is 0.661 bits per heavy atom. The van der Waals surface area contributed by atoms with Crippen molar-refractivity contribution in [2.24, 2.45) is 0 Å². The Kier molecular flexibility index (Phi) is 45.9. The fourth-order valence-corrected chi connectivity index (χ4v) is 7.08. The number of allylic oxidation sites excluding steroid dienone is 8. The highest BCUT2D eigenvalue weighted by Gasteiger charge is 2.19. The lowest BCUT2D eigenvalue weighted by Gasteiger charge is -2.18. The van der Waals surface area contributed by atoms with Gasteiger partial charge >= 0.3 is 17.9 Å². The van der Waals surface area contributed by atoms with E-state index in [1.54, 1.807) is 0 Å². The van der Waals surface area contributed by atoms with Crippen LogP contribution in [0.4, 0.5) is 0 Å². The summed E-state index contributed by atoms with van der Waals surface area (Å²) in [5.74, 6) is -0.897. The maximum atomic E-state index is 12.7. The summed E-state index contributed by atoms with van der Waals surface area (Å²) in [5.41, 5.74) is 0. The van der Waals surface area contributed by atoms with Gasteiger partial charge in [-0.1, -0.05) is 223 Å². The van der Waals surface area contributed by atoms with E-state index >= 15 is 0 Å². The highest BCUT2D eigenvalue weighted by molar-refractivity contribution is 5.71. The molecule has 59 heavy (non-hydrogen) atoms. The zero-order valence-electron chi connectivity index (χ0n) is 39.0. The van der Waals surface area contributed by atoms with Crippen LogP contribution in [0.15, 0.2) is 48.6 Å². The monoisotopic (exact) mass is 827 g/mol. The number of rotatable bonds is 45. The quantitative estimate of drug-likeness (QED) is 0.0263. The summed E-state index contributed by atoms with van der Waals surface area (Å²) in [4.78, 5) is 37.6. The molecule has 0 saturated heterocycles. The Balaban J connectivity index is 4.18. The minimum atomic E-state index is -0.772. The topological polar surface area (TPSA) is 78.9 Å². The number of hydrogen-bond donors (Lipinski definition) is 0. The molecule has 0 bridgehead atoms. The van der Waals surface area contributed by atoms with Gasteiger partial charge in [0.05, 0.1) is 0 Å². The summed E-state index contributed by atoms with van der Waals surface area (Å²) >= 11 is 0. The van der Waals surface area contributed by atoms with E-state index in [0.717, 1.165) is 96.3 Å². The van der Waals surface area contributed by atoms with Crippen molar-refractivity contribution in [2.75, 3.05) is 13.2 Å². The van der Waals surface area contributed by atoms with Crippen molar-refractivity contribution in [2.45, 2.75) is 258 Å². The molecule has 0 saturated carbocycles. The van der Waals surface area contributed by atoms with Gasteiger partial charge in [-0.15, -0.1) is 0 Å². The van der Waals surface area contributed by atoms with Crippen molar-refractivity contribution in [1.82, 2.24) is 0 Å². The Morgan fingerprint density at radius 1 is 0.356 bits per heavy atom. The van der Waals surface area contributed by atoms with E-state index in [4.69, 9.17) is 14.2 Å². The number of ether oxygens (including phenoxy) is 3. The fourth-order valence-electron chi connectivity index (χ4n) is 7.08. The van der Waals surface area contributed by atoms with Crippen molar-refractivity contribution in [3.63, 3.8) is 0 Å². The lowest BCUT2D eigenvalue weighted by molar-refractivity contribution is -0.167. The molecule has 1 atom stereocenters. The molecule has 0 aliphatic heterocycles. The van der Waals surface area contributed by atoms with E-state index in [1.807, 2.05) is 0 Å². The van der Waals surface area contributed by atoms with Crippen LogP contribution in [0, 0.1) is 0 Å². The zero-order chi connectivity index (χ0) is 43.0. The van der Waals surface area contributed by atoms with Crippen LogP contribution in [-0.2, 0) is 28.6 Å². The van der Waals surface area contributed by atoms with E-state index < -0.39 is 6.10 Å². The first-order chi connectivity index (χ1) is 29.0. The Morgan fingerprint density at radius 3 is 1.03 bits per heavy atom. The van der Waals surface area contributed by atoms with E-state index in [2.05, 4.69) is 69.4 Å². The molecule has 0 fully saturated rings.